The molecule has 3 heterocycles. The van der Waals surface area contributed by atoms with Gasteiger partial charge in [-0.15, -0.1) is 0 Å². The van der Waals surface area contributed by atoms with E-state index in [4.69, 9.17) is 18.8 Å². The summed E-state index contributed by atoms with van der Waals surface area (Å²) in [5.41, 5.74) is -3.34. The quantitative estimate of drug-likeness (QED) is 0.596. The molecule has 0 unspecified atom stereocenters. The second kappa shape index (κ2) is 7.70. The topological polar surface area (TPSA) is 111 Å². The van der Waals surface area contributed by atoms with Crippen molar-refractivity contribution in [1.82, 2.24) is 14.1 Å². The molecule has 11 heteroatoms. The Hall–Kier alpha value is -2.66. The third-order valence-electron chi connectivity index (χ3n) is 5.38. The van der Waals surface area contributed by atoms with E-state index in [1.807, 2.05) is 27.7 Å². The Morgan fingerprint density at radius 1 is 0.909 bits per heavy atom. The number of ether oxygens (including phenoxy) is 2. The number of carbonyl (C=O) groups is 2. The number of carbonyl (C=O) groups excluding carboxylic acids is 2. The third kappa shape index (κ3) is 4.84. The molecule has 0 amide bonds. The molecule has 1 aliphatic heterocycles. The summed E-state index contributed by atoms with van der Waals surface area (Å²) in [4.78, 5) is 43.3. The molecule has 0 radical (unpaired) electrons. The van der Waals surface area contributed by atoms with Crippen LogP contribution in [0.1, 0.15) is 69.2 Å². The van der Waals surface area contributed by atoms with Gasteiger partial charge in [0.25, 0.3) is 0 Å². The van der Waals surface area contributed by atoms with E-state index in [-0.39, 0.29) is 11.2 Å². The summed E-state index contributed by atoms with van der Waals surface area (Å²) >= 11 is 0. The van der Waals surface area contributed by atoms with Crippen molar-refractivity contribution in [2.75, 3.05) is 0 Å². The molecular formula is C22H32BN3O7. The van der Waals surface area contributed by atoms with Gasteiger partial charge < -0.3 is 18.8 Å². The summed E-state index contributed by atoms with van der Waals surface area (Å²) in [6, 6.07) is 1.54. The number of rotatable bonds is 1. The van der Waals surface area contributed by atoms with Crippen LogP contribution in [0.5, 0.6) is 0 Å². The zero-order valence-electron chi connectivity index (χ0n) is 20.9. The first-order valence-electron chi connectivity index (χ1n) is 10.8. The number of pyridine rings is 1. The highest BCUT2D eigenvalue weighted by molar-refractivity contribution is 6.62. The molecular weight excluding hydrogens is 429 g/mol. The van der Waals surface area contributed by atoms with Gasteiger partial charge in [-0.25, -0.2) is 19.4 Å². The van der Waals surface area contributed by atoms with Gasteiger partial charge in [0, 0.05) is 11.7 Å². The zero-order valence-corrected chi connectivity index (χ0v) is 20.9. The normalized spacial score (nSPS) is 17.9. The number of nitrogens with zero attached hydrogens (tertiary/aromatic N) is 3. The first-order valence-corrected chi connectivity index (χ1v) is 10.8. The van der Waals surface area contributed by atoms with Gasteiger partial charge in [0.15, 0.2) is 5.65 Å². The second-order valence-electron chi connectivity index (χ2n) is 11.1. The summed E-state index contributed by atoms with van der Waals surface area (Å²) in [7, 11) is -0.779. The van der Waals surface area contributed by atoms with E-state index in [1.54, 1.807) is 41.5 Å². The molecule has 33 heavy (non-hydrogen) atoms. The zero-order chi connectivity index (χ0) is 25.1. The highest BCUT2D eigenvalue weighted by Crippen LogP contribution is 2.36. The van der Waals surface area contributed by atoms with Gasteiger partial charge in [-0.1, -0.05) is 0 Å². The second-order valence-corrected chi connectivity index (χ2v) is 11.1. The molecule has 3 rings (SSSR count). The summed E-state index contributed by atoms with van der Waals surface area (Å²) in [5, 5.41) is 0. The van der Waals surface area contributed by atoms with Crippen LogP contribution in [0.2, 0.25) is 0 Å². The van der Waals surface area contributed by atoms with Crippen LogP contribution in [0.3, 0.4) is 0 Å². The highest BCUT2D eigenvalue weighted by Gasteiger charge is 2.52. The third-order valence-corrected chi connectivity index (χ3v) is 5.38. The Labute approximate surface area is 193 Å². The lowest BCUT2D eigenvalue weighted by Gasteiger charge is -2.32. The van der Waals surface area contributed by atoms with Crippen molar-refractivity contribution in [2.45, 2.75) is 91.6 Å². The smallest absolute Gasteiger partial charge is 0.443 e. The summed E-state index contributed by atoms with van der Waals surface area (Å²) in [6.45, 7) is 17.7. The average molecular weight is 461 g/mol. The minimum atomic E-state index is -0.948. The summed E-state index contributed by atoms with van der Waals surface area (Å²) in [5.74, 6) is 0. The lowest BCUT2D eigenvalue weighted by atomic mass is 9.80. The molecule has 0 aromatic carbocycles. The van der Waals surface area contributed by atoms with Gasteiger partial charge in [-0.05, 0) is 75.3 Å². The Balaban J connectivity index is 2.19. The van der Waals surface area contributed by atoms with Crippen LogP contribution in [-0.4, -0.2) is 55.8 Å². The standard InChI is InChI=1S/C22H32BN3O7/c1-19(2,3)30-17(28)25-14-11-13(23-32-21(7,8)22(9,10)33-23)12-24-15(14)26(16(25)27)18(29)31-20(4,5)6/h11-12H,1-10H3. The first kappa shape index (κ1) is 25.0. The molecule has 1 fully saturated rings. The fraction of sp³-hybridized carbons (Fsp3) is 0.636. The first-order chi connectivity index (χ1) is 14.8. The molecule has 2 aromatic heterocycles. The van der Waals surface area contributed by atoms with Crippen LogP contribution in [0, 0.1) is 0 Å². The summed E-state index contributed by atoms with van der Waals surface area (Å²) in [6.07, 6.45) is -0.437. The number of fused-ring (bicyclic) bond motifs is 1. The van der Waals surface area contributed by atoms with E-state index in [2.05, 4.69) is 4.98 Å². The maximum atomic E-state index is 13.2. The van der Waals surface area contributed by atoms with Crippen molar-refractivity contribution in [1.29, 1.82) is 0 Å². The largest absolute Gasteiger partial charge is 0.496 e. The molecule has 0 bridgehead atoms. The molecule has 0 spiro atoms. The van der Waals surface area contributed by atoms with E-state index in [9.17, 15) is 14.4 Å². The van der Waals surface area contributed by atoms with Crippen molar-refractivity contribution >= 4 is 35.9 Å². The Bertz CT molecular complexity index is 1150. The fourth-order valence-electron chi connectivity index (χ4n) is 3.16. The molecule has 10 nitrogen and oxygen atoms in total. The maximum absolute atomic E-state index is 13.2. The Morgan fingerprint density at radius 3 is 1.82 bits per heavy atom. The van der Waals surface area contributed by atoms with E-state index in [0.29, 0.717) is 5.46 Å². The van der Waals surface area contributed by atoms with Crippen LogP contribution in [-0.2, 0) is 18.8 Å². The average Bonchev–Trinajstić information content (AvgIpc) is 2.99. The lowest BCUT2D eigenvalue weighted by Crippen LogP contribution is -2.41. The predicted octanol–water partition coefficient (Wildman–Crippen LogP) is 3.06. The molecule has 0 aliphatic carbocycles. The van der Waals surface area contributed by atoms with Crippen LogP contribution >= 0.6 is 0 Å². The van der Waals surface area contributed by atoms with E-state index < -0.39 is 47.4 Å². The molecule has 180 valence electrons. The Kier molecular flexibility index (Phi) is 5.83. The van der Waals surface area contributed by atoms with Crippen molar-refractivity contribution in [3.63, 3.8) is 0 Å². The Morgan fingerprint density at radius 2 is 1.36 bits per heavy atom. The van der Waals surface area contributed by atoms with Gasteiger partial charge in [0.05, 0.1) is 11.2 Å². The molecule has 1 saturated heterocycles. The maximum Gasteiger partial charge on any atom is 0.496 e. The molecule has 1 aliphatic rings. The molecule has 2 aromatic rings. The molecule has 0 N–H and O–H groups in total. The lowest BCUT2D eigenvalue weighted by molar-refractivity contribution is 0.00578. The predicted molar refractivity (Wildman–Crippen MR) is 123 cm³/mol. The summed E-state index contributed by atoms with van der Waals surface area (Å²) < 4.78 is 24.4. The van der Waals surface area contributed by atoms with Crippen molar-refractivity contribution in [2.24, 2.45) is 0 Å². The van der Waals surface area contributed by atoms with Gasteiger partial charge in [0.1, 0.15) is 16.7 Å². The minimum absolute atomic E-state index is 0.0413. The van der Waals surface area contributed by atoms with E-state index >= 15 is 0 Å². The monoisotopic (exact) mass is 461 g/mol. The van der Waals surface area contributed by atoms with Gasteiger partial charge in [0.2, 0.25) is 0 Å². The van der Waals surface area contributed by atoms with Gasteiger partial charge in [-0.3, -0.25) is 0 Å². The van der Waals surface area contributed by atoms with E-state index in [0.717, 1.165) is 9.13 Å². The van der Waals surface area contributed by atoms with Crippen LogP contribution < -0.4 is 11.2 Å². The number of hydrogen-bond donors (Lipinski definition) is 0. The van der Waals surface area contributed by atoms with Crippen LogP contribution in [0.25, 0.3) is 11.2 Å². The highest BCUT2D eigenvalue weighted by atomic mass is 16.7. The number of aromatic nitrogens is 3. The van der Waals surface area contributed by atoms with Crippen LogP contribution in [0.4, 0.5) is 9.59 Å². The van der Waals surface area contributed by atoms with Gasteiger partial charge in [-0.2, -0.15) is 9.13 Å². The number of imidazole rings is 1. The van der Waals surface area contributed by atoms with Gasteiger partial charge >= 0.3 is 25.0 Å². The fourth-order valence-corrected chi connectivity index (χ4v) is 3.16. The van der Waals surface area contributed by atoms with Crippen LogP contribution in [0.15, 0.2) is 17.1 Å². The molecule has 0 atom stereocenters. The van der Waals surface area contributed by atoms with E-state index in [1.165, 1.54) is 12.3 Å². The van der Waals surface area contributed by atoms with Crippen molar-refractivity contribution in [3.8, 4) is 0 Å². The minimum Gasteiger partial charge on any atom is -0.443 e. The van der Waals surface area contributed by atoms with Crippen molar-refractivity contribution < 1.29 is 28.4 Å². The SMILES string of the molecule is CC(C)(C)OC(=O)n1c(=O)n(C(=O)OC(C)(C)C)c2ncc(B3OC(C)(C)C(C)(C)O3)cc21. The number of hydrogen-bond acceptors (Lipinski definition) is 8. The van der Waals surface area contributed by atoms with Crippen molar-refractivity contribution in [3.05, 3.63) is 22.7 Å². The molecule has 0 saturated carbocycles.